The summed E-state index contributed by atoms with van der Waals surface area (Å²) in [7, 11) is 0. The average Bonchev–Trinajstić information content (AvgIpc) is 2.64. The van der Waals surface area contributed by atoms with Crippen molar-refractivity contribution >= 4 is 11.9 Å². The SMILES string of the molecule is O=C(NC1CCCCCC1C(=O)O)c1ccccc1O. The Kier molecular flexibility index (Phi) is 4.61. The van der Waals surface area contributed by atoms with Crippen molar-refractivity contribution in [3.63, 3.8) is 0 Å². The van der Waals surface area contributed by atoms with Crippen molar-refractivity contribution in [1.29, 1.82) is 0 Å². The van der Waals surface area contributed by atoms with Crippen molar-refractivity contribution in [1.82, 2.24) is 5.32 Å². The lowest BCUT2D eigenvalue weighted by Gasteiger charge is -2.23. The van der Waals surface area contributed by atoms with Gasteiger partial charge in [0.1, 0.15) is 5.75 Å². The van der Waals surface area contributed by atoms with Crippen LogP contribution in [0, 0.1) is 5.92 Å². The topological polar surface area (TPSA) is 86.6 Å². The van der Waals surface area contributed by atoms with Crippen LogP contribution in [-0.2, 0) is 4.79 Å². The Morgan fingerprint density at radius 3 is 2.50 bits per heavy atom. The van der Waals surface area contributed by atoms with Gasteiger partial charge in [-0.25, -0.2) is 0 Å². The number of nitrogens with one attached hydrogen (secondary N) is 1. The fraction of sp³-hybridized carbons (Fsp3) is 0.467. The van der Waals surface area contributed by atoms with Crippen LogP contribution in [-0.4, -0.2) is 28.1 Å². The standard InChI is InChI=1S/C15H19NO4/c17-13-9-5-4-7-11(13)14(18)16-12-8-3-1-2-6-10(12)15(19)20/h4-5,7,9-10,12,17H,1-3,6,8H2,(H,16,18)(H,19,20). The minimum absolute atomic E-state index is 0.0921. The molecule has 1 aliphatic rings. The number of phenols is 1. The number of benzene rings is 1. The molecule has 2 unspecified atom stereocenters. The smallest absolute Gasteiger partial charge is 0.308 e. The largest absolute Gasteiger partial charge is 0.507 e. The molecule has 0 bridgehead atoms. The van der Waals surface area contributed by atoms with Crippen molar-refractivity contribution in [2.24, 2.45) is 5.92 Å². The quantitative estimate of drug-likeness (QED) is 0.739. The lowest BCUT2D eigenvalue weighted by Crippen LogP contribution is -2.42. The highest BCUT2D eigenvalue weighted by Gasteiger charge is 2.31. The van der Waals surface area contributed by atoms with E-state index < -0.39 is 17.8 Å². The molecule has 5 heteroatoms. The van der Waals surface area contributed by atoms with Gasteiger partial charge in [-0.15, -0.1) is 0 Å². The average molecular weight is 277 g/mol. The third-order valence-corrected chi connectivity index (χ3v) is 3.80. The van der Waals surface area contributed by atoms with E-state index in [0.29, 0.717) is 12.8 Å². The number of aromatic hydroxyl groups is 1. The number of carboxylic acids is 1. The van der Waals surface area contributed by atoms with Gasteiger partial charge in [0, 0.05) is 6.04 Å². The molecule has 0 spiro atoms. The zero-order valence-electron chi connectivity index (χ0n) is 11.2. The van der Waals surface area contributed by atoms with Crippen LogP contribution in [0.2, 0.25) is 0 Å². The Labute approximate surface area is 117 Å². The van der Waals surface area contributed by atoms with Crippen molar-refractivity contribution in [3.05, 3.63) is 29.8 Å². The van der Waals surface area contributed by atoms with Gasteiger partial charge in [-0.1, -0.05) is 31.4 Å². The first kappa shape index (κ1) is 14.4. The zero-order chi connectivity index (χ0) is 14.5. The van der Waals surface area contributed by atoms with Gasteiger partial charge in [-0.2, -0.15) is 0 Å². The molecule has 5 nitrogen and oxygen atoms in total. The Hall–Kier alpha value is -2.04. The molecular formula is C15H19NO4. The normalized spacial score (nSPS) is 22.8. The molecule has 0 saturated heterocycles. The van der Waals surface area contributed by atoms with Crippen LogP contribution in [0.25, 0.3) is 0 Å². The highest BCUT2D eigenvalue weighted by atomic mass is 16.4. The number of amides is 1. The molecule has 1 aromatic rings. The van der Waals surface area contributed by atoms with E-state index in [1.165, 1.54) is 12.1 Å². The number of rotatable bonds is 3. The van der Waals surface area contributed by atoms with Crippen LogP contribution in [0.5, 0.6) is 5.75 Å². The summed E-state index contributed by atoms with van der Waals surface area (Å²) < 4.78 is 0. The molecule has 1 fully saturated rings. The van der Waals surface area contributed by atoms with Crippen molar-refractivity contribution in [2.45, 2.75) is 38.1 Å². The van der Waals surface area contributed by atoms with E-state index in [2.05, 4.69) is 5.32 Å². The Balaban J connectivity index is 2.12. The molecule has 108 valence electrons. The highest BCUT2D eigenvalue weighted by molar-refractivity contribution is 5.97. The lowest BCUT2D eigenvalue weighted by molar-refractivity contribution is -0.142. The molecule has 1 saturated carbocycles. The molecule has 1 aromatic carbocycles. The molecule has 0 heterocycles. The van der Waals surface area contributed by atoms with E-state index in [-0.39, 0.29) is 17.4 Å². The maximum absolute atomic E-state index is 12.2. The molecule has 2 atom stereocenters. The zero-order valence-corrected chi connectivity index (χ0v) is 11.2. The maximum Gasteiger partial charge on any atom is 0.308 e. The maximum atomic E-state index is 12.2. The fourth-order valence-electron chi connectivity index (χ4n) is 2.69. The summed E-state index contributed by atoms with van der Waals surface area (Å²) in [5.74, 6) is -1.92. The molecule has 20 heavy (non-hydrogen) atoms. The van der Waals surface area contributed by atoms with E-state index in [1.54, 1.807) is 12.1 Å². The van der Waals surface area contributed by atoms with E-state index in [4.69, 9.17) is 0 Å². The lowest BCUT2D eigenvalue weighted by atomic mass is 9.94. The van der Waals surface area contributed by atoms with E-state index in [0.717, 1.165) is 19.3 Å². The second-order valence-corrected chi connectivity index (χ2v) is 5.18. The summed E-state index contributed by atoms with van der Waals surface area (Å²) in [4.78, 5) is 23.5. The van der Waals surface area contributed by atoms with Crippen LogP contribution >= 0.6 is 0 Å². The van der Waals surface area contributed by atoms with E-state index >= 15 is 0 Å². The first-order valence-corrected chi connectivity index (χ1v) is 6.91. The van der Waals surface area contributed by atoms with Gasteiger partial charge in [-0.3, -0.25) is 9.59 Å². The Morgan fingerprint density at radius 2 is 1.80 bits per heavy atom. The summed E-state index contributed by atoms with van der Waals surface area (Å²) in [6.07, 6.45) is 4.03. The Bertz CT molecular complexity index is 500. The number of carbonyl (C=O) groups excluding carboxylic acids is 1. The predicted molar refractivity (Wildman–Crippen MR) is 73.6 cm³/mol. The highest BCUT2D eigenvalue weighted by Crippen LogP contribution is 2.25. The van der Waals surface area contributed by atoms with Crippen LogP contribution in [0.1, 0.15) is 42.5 Å². The van der Waals surface area contributed by atoms with Crippen molar-refractivity contribution in [2.75, 3.05) is 0 Å². The van der Waals surface area contributed by atoms with E-state index in [1.807, 2.05) is 0 Å². The van der Waals surface area contributed by atoms with Crippen molar-refractivity contribution in [3.8, 4) is 5.75 Å². The molecule has 1 amide bonds. The van der Waals surface area contributed by atoms with Crippen LogP contribution in [0.3, 0.4) is 0 Å². The molecule has 0 aliphatic heterocycles. The number of carboxylic acid groups (broad SMARTS) is 1. The summed E-state index contributed by atoms with van der Waals surface area (Å²) in [5.41, 5.74) is 0.181. The number of carbonyl (C=O) groups is 2. The second kappa shape index (κ2) is 6.41. The number of hydrogen-bond acceptors (Lipinski definition) is 3. The van der Waals surface area contributed by atoms with Gasteiger partial charge < -0.3 is 15.5 Å². The molecule has 2 rings (SSSR count). The minimum Gasteiger partial charge on any atom is -0.507 e. The minimum atomic E-state index is -0.866. The second-order valence-electron chi connectivity index (χ2n) is 5.18. The summed E-state index contributed by atoms with van der Waals surface area (Å²) in [6.45, 7) is 0. The monoisotopic (exact) mass is 277 g/mol. The fourth-order valence-corrected chi connectivity index (χ4v) is 2.69. The van der Waals surface area contributed by atoms with E-state index in [9.17, 15) is 19.8 Å². The third-order valence-electron chi connectivity index (χ3n) is 3.80. The van der Waals surface area contributed by atoms with Crippen LogP contribution in [0.15, 0.2) is 24.3 Å². The first-order chi connectivity index (χ1) is 9.59. The van der Waals surface area contributed by atoms with Gasteiger partial charge in [0.2, 0.25) is 0 Å². The predicted octanol–water partition coefficient (Wildman–Crippen LogP) is 2.16. The summed E-state index contributed by atoms with van der Waals surface area (Å²) in [5, 5.41) is 21.7. The van der Waals surface area contributed by atoms with Gasteiger partial charge >= 0.3 is 5.97 Å². The van der Waals surface area contributed by atoms with Crippen molar-refractivity contribution < 1.29 is 19.8 Å². The van der Waals surface area contributed by atoms with Gasteiger partial charge in [0.25, 0.3) is 5.91 Å². The number of aliphatic carboxylic acids is 1. The summed E-state index contributed by atoms with van der Waals surface area (Å²) in [6, 6.07) is 5.89. The molecular weight excluding hydrogens is 258 g/mol. The van der Waals surface area contributed by atoms with Gasteiger partial charge in [0.15, 0.2) is 0 Å². The number of para-hydroxylation sites is 1. The molecule has 0 radical (unpaired) electrons. The molecule has 3 N–H and O–H groups in total. The molecule has 1 aliphatic carbocycles. The van der Waals surface area contributed by atoms with Gasteiger partial charge in [-0.05, 0) is 25.0 Å². The molecule has 0 aromatic heterocycles. The Morgan fingerprint density at radius 1 is 1.10 bits per heavy atom. The summed E-state index contributed by atoms with van der Waals surface area (Å²) >= 11 is 0. The van der Waals surface area contributed by atoms with Crippen LogP contribution < -0.4 is 5.32 Å². The number of phenolic OH excluding ortho intramolecular Hbond substituents is 1. The third kappa shape index (κ3) is 3.29. The number of hydrogen-bond donors (Lipinski definition) is 3. The first-order valence-electron chi connectivity index (χ1n) is 6.91. The van der Waals surface area contributed by atoms with Crippen LogP contribution in [0.4, 0.5) is 0 Å². The van der Waals surface area contributed by atoms with Gasteiger partial charge in [0.05, 0.1) is 11.5 Å².